The van der Waals surface area contributed by atoms with Crippen LogP contribution in [0.4, 0.5) is 13.2 Å². The summed E-state index contributed by atoms with van der Waals surface area (Å²) in [4.78, 5) is 12.4. The van der Waals surface area contributed by atoms with Crippen LogP contribution in [0.1, 0.15) is 41.3 Å². The molecule has 9 heteroatoms. The molecule has 1 aliphatic carbocycles. The molecule has 0 spiro atoms. The SMILES string of the molecule is CC1(C)C(NC(=O)c2ccc(C(F)(F)F)cc2)[C@@H]1c1ccc(S(N)(=O)=O)cc1. The maximum Gasteiger partial charge on any atom is 0.416 e. The number of rotatable bonds is 4. The van der Waals surface area contributed by atoms with Crippen LogP contribution >= 0.6 is 0 Å². The van der Waals surface area contributed by atoms with Gasteiger partial charge in [-0.1, -0.05) is 26.0 Å². The van der Waals surface area contributed by atoms with Crippen LogP contribution < -0.4 is 10.5 Å². The van der Waals surface area contributed by atoms with E-state index in [-0.39, 0.29) is 27.8 Å². The van der Waals surface area contributed by atoms with Crippen molar-refractivity contribution in [2.75, 3.05) is 0 Å². The Morgan fingerprint density at radius 1 is 1.04 bits per heavy atom. The van der Waals surface area contributed by atoms with Crippen molar-refractivity contribution in [1.29, 1.82) is 0 Å². The Morgan fingerprint density at radius 3 is 2.04 bits per heavy atom. The first kappa shape index (κ1) is 20.3. The summed E-state index contributed by atoms with van der Waals surface area (Å²) in [6.45, 7) is 3.89. The summed E-state index contributed by atoms with van der Waals surface area (Å²) < 4.78 is 60.6. The van der Waals surface area contributed by atoms with Crippen molar-refractivity contribution >= 4 is 15.9 Å². The third-order valence-corrected chi connectivity index (χ3v) is 6.09. The lowest BCUT2D eigenvalue weighted by atomic mass is 10.0. The number of nitrogens with two attached hydrogens (primary N) is 1. The molecule has 0 aliphatic heterocycles. The average molecular weight is 412 g/mol. The topological polar surface area (TPSA) is 89.3 Å². The highest BCUT2D eigenvalue weighted by atomic mass is 32.2. The predicted octanol–water partition coefficient (Wildman–Crippen LogP) is 3.27. The second-order valence-corrected chi connectivity index (χ2v) is 9.00. The van der Waals surface area contributed by atoms with Crippen molar-refractivity contribution in [3.8, 4) is 0 Å². The fourth-order valence-corrected chi connectivity index (χ4v) is 3.94. The van der Waals surface area contributed by atoms with E-state index >= 15 is 0 Å². The maximum absolute atomic E-state index is 12.6. The smallest absolute Gasteiger partial charge is 0.348 e. The van der Waals surface area contributed by atoms with E-state index in [2.05, 4.69) is 5.32 Å². The van der Waals surface area contributed by atoms with E-state index in [1.807, 2.05) is 13.8 Å². The molecule has 1 unspecified atom stereocenters. The minimum atomic E-state index is -4.46. The quantitative estimate of drug-likeness (QED) is 0.808. The third-order valence-electron chi connectivity index (χ3n) is 5.16. The minimum Gasteiger partial charge on any atom is -0.348 e. The predicted molar refractivity (Wildman–Crippen MR) is 97.0 cm³/mol. The van der Waals surface area contributed by atoms with Gasteiger partial charge >= 0.3 is 6.18 Å². The number of halogens is 3. The summed E-state index contributed by atoms with van der Waals surface area (Å²) in [5.41, 5.74) is -0.122. The van der Waals surface area contributed by atoms with Crippen LogP contribution in [-0.4, -0.2) is 20.4 Å². The lowest BCUT2D eigenvalue weighted by Gasteiger charge is -2.09. The van der Waals surface area contributed by atoms with Gasteiger partial charge < -0.3 is 5.32 Å². The summed E-state index contributed by atoms with van der Waals surface area (Å²) >= 11 is 0. The van der Waals surface area contributed by atoms with Gasteiger partial charge in [-0.05, 0) is 47.4 Å². The van der Waals surface area contributed by atoms with Crippen LogP contribution in [0.15, 0.2) is 53.4 Å². The molecule has 0 radical (unpaired) electrons. The van der Waals surface area contributed by atoms with Gasteiger partial charge in [-0.3, -0.25) is 4.79 Å². The Morgan fingerprint density at radius 2 is 1.57 bits per heavy atom. The first-order valence-corrected chi connectivity index (χ1v) is 9.97. The molecule has 150 valence electrons. The van der Waals surface area contributed by atoms with Crippen molar-refractivity contribution in [2.24, 2.45) is 10.6 Å². The van der Waals surface area contributed by atoms with E-state index in [1.54, 1.807) is 12.1 Å². The number of carbonyl (C=O) groups excluding carboxylic acids is 1. The highest BCUT2D eigenvalue weighted by Gasteiger charge is 2.59. The number of primary sulfonamides is 1. The molecule has 2 aromatic carbocycles. The van der Waals surface area contributed by atoms with Gasteiger partial charge in [-0.25, -0.2) is 13.6 Å². The zero-order valence-electron chi connectivity index (χ0n) is 15.1. The minimum absolute atomic E-state index is 0.0000427. The molecule has 0 bridgehead atoms. The molecule has 1 amide bonds. The first-order valence-electron chi connectivity index (χ1n) is 8.42. The summed E-state index contributed by atoms with van der Waals surface area (Å²) in [5, 5.41) is 7.94. The second kappa shape index (κ2) is 6.59. The van der Waals surface area contributed by atoms with Gasteiger partial charge in [0.05, 0.1) is 10.5 Å². The van der Waals surface area contributed by atoms with Crippen molar-refractivity contribution in [3.05, 3.63) is 65.2 Å². The lowest BCUT2D eigenvalue weighted by Crippen LogP contribution is -2.28. The van der Waals surface area contributed by atoms with E-state index in [0.717, 1.165) is 29.8 Å². The third kappa shape index (κ3) is 3.90. The molecule has 3 N–H and O–H groups in total. The highest BCUT2D eigenvalue weighted by molar-refractivity contribution is 7.89. The van der Waals surface area contributed by atoms with Crippen LogP contribution in [0, 0.1) is 5.41 Å². The number of amides is 1. The molecule has 0 saturated heterocycles. The van der Waals surface area contributed by atoms with Crippen LogP contribution in [0.25, 0.3) is 0 Å². The normalized spacial score (nSPS) is 21.2. The van der Waals surface area contributed by atoms with Gasteiger partial charge in [-0.2, -0.15) is 13.2 Å². The molecule has 2 aromatic rings. The van der Waals surface area contributed by atoms with Gasteiger partial charge in [-0.15, -0.1) is 0 Å². The van der Waals surface area contributed by atoms with Crippen molar-refractivity contribution in [2.45, 2.75) is 36.9 Å². The maximum atomic E-state index is 12.6. The average Bonchev–Trinajstić information content (AvgIpc) is 3.13. The highest BCUT2D eigenvalue weighted by Crippen LogP contribution is 2.58. The van der Waals surface area contributed by atoms with Crippen molar-refractivity contribution in [1.82, 2.24) is 5.32 Å². The van der Waals surface area contributed by atoms with Crippen LogP contribution in [0.5, 0.6) is 0 Å². The van der Waals surface area contributed by atoms with Crippen LogP contribution in [0.2, 0.25) is 0 Å². The zero-order chi connectivity index (χ0) is 20.9. The molecule has 0 aromatic heterocycles. The molecular formula is C19H19F3N2O3S. The number of hydrogen-bond donors (Lipinski definition) is 2. The van der Waals surface area contributed by atoms with E-state index in [4.69, 9.17) is 5.14 Å². The molecular weight excluding hydrogens is 393 g/mol. The van der Waals surface area contributed by atoms with E-state index in [1.165, 1.54) is 12.1 Å². The number of benzene rings is 2. The van der Waals surface area contributed by atoms with Crippen molar-refractivity contribution in [3.63, 3.8) is 0 Å². The first-order chi connectivity index (χ1) is 12.8. The Hall–Kier alpha value is -2.39. The second-order valence-electron chi connectivity index (χ2n) is 7.44. The van der Waals surface area contributed by atoms with E-state index in [0.29, 0.717) is 0 Å². The number of hydrogen-bond acceptors (Lipinski definition) is 3. The number of nitrogens with one attached hydrogen (secondary N) is 1. The Labute approximate surface area is 160 Å². The monoisotopic (exact) mass is 412 g/mol. The lowest BCUT2D eigenvalue weighted by molar-refractivity contribution is -0.137. The number of carbonyl (C=O) groups is 1. The zero-order valence-corrected chi connectivity index (χ0v) is 15.9. The fraction of sp³-hybridized carbons (Fsp3) is 0.316. The van der Waals surface area contributed by atoms with Gasteiger partial charge in [0.15, 0.2) is 0 Å². The number of sulfonamides is 1. The van der Waals surface area contributed by atoms with Gasteiger partial charge in [0.25, 0.3) is 5.91 Å². The molecule has 1 fully saturated rings. The molecule has 3 rings (SSSR count). The summed E-state index contributed by atoms with van der Waals surface area (Å²) in [6.07, 6.45) is -4.46. The standard InChI is InChI=1S/C19H19F3N2O3S/c1-18(2)15(11-5-9-14(10-6-11)28(23,26)27)16(18)24-17(25)12-3-7-13(8-4-12)19(20,21)22/h3-10,15-16H,1-2H3,(H,24,25)(H2,23,26,27)/t15-,16?/m0/s1. The van der Waals surface area contributed by atoms with Gasteiger partial charge in [0.2, 0.25) is 10.0 Å². The van der Waals surface area contributed by atoms with Crippen LogP contribution in [0.3, 0.4) is 0 Å². The van der Waals surface area contributed by atoms with Crippen molar-refractivity contribution < 1.29 is 26.4 Å². The molecule has 0 heterocycles. The number of alkyl halides is 3. The summed E-state index contributed by atoms with van der Waals surface area (Å²) in [7, 11) is -3.79. The summed E-state index contributed by atoms with van der Waals surface area (Å²) in [5.74, 6) is -0.518. The molecule has 2 atom stereocenters. The van der Waals surface area contributed by atoms with E-state index < -0.39 is 27.7 Å². The Kier molecular flexibility index (Phi) is 4.79. The van der Waals surface area contributed by atoms with Crippen LogP contribution in [-0.2, 0) is 16.2 Å². The largest absolute Gasteiger partial charge is 0.416 e. The fourth-order valence-electron chi connectivity index (χ4n) is 3.43. The van der Waals surface area contributed by atoms with E-state index in [9.17, 15) is 26.4 Å². The Balaban J connectivity index is 1.73. The van der Waals surface area contributed by atoms with Gasteiger partial charge in [0, 0.05) is 17.5 Å². The molecule has 28 heavy (non-hydrogen) atoms. The molecule has 1 saturated carbocycles. The molecule has 5 nitrogen and oxygen atoms in total. The van der Waals surface area contributed by atoms with Gasteiger partial charge in [0.1, 0.15) is 0 Å². The molecule has 1 aliphatic rings. The summed E-state index contributed by atoms with van der Waals surface area (Å²) in [6, 6.07) is 9.91. The Bertz CT molecular complexity index is 998.